The Balaban J connectivity index is 1.54. The second-order valence-corrected chi connectivity index (χ2v) is 8.60. The number of aromatic amines is 1. The molecule has 2 N–H and O–H groups in total. The minimum Gasteiger partial charge on any atom is -0.494 e. The van der Waals surface area contributed by atoms with Crippen molar-refractivity contribution in [3.05, 3.63) is 81.1 Å². The molecule has 33 heavy (non-hydrogen) atoms. The van der Waals surface area contributed by atoms with Crippen molar-refractivity contribution in [3.8, 4) is 5.75 Å². The van der Waals surface area contributed by atoms with Gasteiger partial charge in [-0.15, -0.1) is 0 Å². The molecule has 0 unspecified atom stereocenters. The van der Waals surface area contributed by atoms with Gasteiger partial charge < -0.3 is 19.9 Å². The van der Waals surface area contributed by atoms with E-state index in [1.54, 1.807) is 23.1 Å². The molecular formula is C24H22ClF2N3O2S. The van der Waals surface area contributed by atoms with Crippen LogP contribution in [-0.4, -0.2) is 36.0 Å². The average Bonchev–Trinajstić information content (AvgIpc) is 2.82. The molecule has 1 aliphatic rings. The molecule has 0 spiro atoms. The lowest BCUT2D eigenvalue weighted by Gasteiger charge is -2.32. The highest BCUT2D eigenvalue weighted by Crippen LogP contribution is 2.34. The number of hydrogen-bond donors (Lipinski definition) is 2. The third-order valence-electron chi connectivity index (χ3n) is 5.81. The Kier molecular flexibility index (Phi) is 6.95. The number of methoxy groups -OCH3 is 1. The monoisotopic (exact) mass is 489 g/mol. The topological polar surface area (TPSA) is 57.4 Å². The summed E-state index contributed by atoms with van der Waals surface area (Å²) in [5.41, 5.74) is 2.10. The van der Waals surface area contributed by atoms with Crippen molar-refractivity contribution in [1.29, 1.82) is 0 Å². The first-order valence-electron chi connectivity index (χ1n) is 10.4. The van der Waals surface area contributed by atoms with Crippen LogP contribution in [0.1, 0.15) is 34.7 Å². The minimum absolute atomic E-state index is 0.109. The zero-order chi connectivity index (χ0) is 23.5. The molecule has 3 aromatic rings. The summed E-state index contributed by atoms with van der Waals surface area (Å²) in [7, 11) is 1.38. The van der Waals surface area contributed by atoms with Gasteiger partial charge in [0.05, 0.1) is 23.4 Å². The highest BCUT2D eigenvalue weighted by Gasteiger charge is 2.27. The van der Waals surface area contributed by atoms with Gasteiger partial charge in [-0.1, -0.05) is 36.0 Å². The molecule has 5 nitrogen and oxygen atoms in total. The van der Waals surface area contributed by atoms with Gasteiger partial charge >= 0.3 is 0 Å². The van der Waals surface area contributed by atoms with Gasteiger partial charge in [0.15, 0.2) is 11.6 Å². The number of hydrogen-bond acceptors (Lipinski definition) is 4. The summed E-state index contributed by atoms with van der Waals surface area (Å²) >= 11 is 11.7. The lowest BCUT2D eigenvalue weighted by atomic mass is 9.89. The molecule has 1 amide bonds. The van der Waals surface area contributed by atoms with E-state index in [0.29, 0.717) is 30.0 Å². The zero-order valence-corrected chi connectivity index (χ0v) is 19.4. The average molecular weight is 490 g/mol. The molecule has 1 fully saturated rings. The molecule has 0 saturated carbocycles. The van der Waals surface area contributed by atoms with E-state index in [9.17, 15) is 13.6 Å². The number of amides is 1. The molecule has 0 aliphatic carbocycles. The van der Waals surface area contributed by atoms with Crippen LogP contribution in [0.2, 0.25) is 5.02 Å². The van der Waals surface area contributed by atoms with E-state index in [4.69, 9.17) is 28.6 Å². The second kappa shape index (κ2) is 9.89. The maximum absolute atomic E-state index is 14.2. The van der Waals surface area contributed by atoms with Crippen molar-refractivity contribution in [3.63, 3.8) is 0 Å². The van der Waals surface area contributed by atoms with Crippen LogP contribution >= 0.6 is 23.8 Å². The molecule has 4 rings (SSSR count). The number of carbonyl (C=O) groups is 1. The van der Waals surface area contributed by atoms with Gasteiger partial charge in [0, 0.05) is 31.0 Å². The molecule has 172 valence electrons. The number of piperidine rings is 1. The molecule has 1 saturated heterocycles. The maximum Gasteiger partial charge on any atom is 0.257 e. The number of carbonyl (C=O) groups excluding carboxylic acids is 1. The van der Waals surface area contributed by atoms with Crippen LogP contribution in [0.25, 0.3) is 0 Å². The Morgan fingerprint density at radius 2 is 1.88 bits per heavy atom. The zero-order valence-electron chi connectivity index (χ0n) is 17.8. The van der Waals surface area contributed by atoms with E-state index in [0.717, 1.165) is 18.4 Å². The molecule has 1 aromatic heterocycles. The lowest BCUT2D eigenvalue weighted by molar-refractivity contribution is 0.0713. The van der Waals surface area contributed by atoms with E-state index < -0.39 is 5.82 Å². The van der Waals surface area contributed by atoms with E-state index in [-0.39, 0.29) is 33.1 Å². The Hall–Kier alpha value is -2.97. The predicted molar refractivity (Wildman–Crippen MR) is 127 cm³/mol. The summed E-state index contributed by atoms with van der Waals surface area (Å²) in [6, 6.07) is 10.9. The number of benzene rings is 2. The first-order valence-corrected chi connectivity index (χ1v) is 11.2. The number of nitrogens with zero attached hydrogens (tertiary/aromatic N) is 1. The van der Waals surface area contributed by atoms with Gasteiger partial charge in [-0.25, -0.2) is 8.78 Å². The normalized spacial score (nSPS) is 14.2. The number of rotatable bonds is 5. The fraction of sp³-hybridized carbons (Fsp3) is 0.250. The number of anilines is 2. The molecule has 2 aromatic carbocycles. The quantitative estimate of drug-likeness (QED) is 0.404. The smallest absolute Gasteiger partial charge is 0.257 e. The molecule has 9 heteroatoms. The van der Waals surface area contributed by atoms with Crippen molar-refractivity contribution < 1.29 is 18.3 Å². The number of ether oxygens (including phenoxy) is 1. The number of H-pyrrole nitrogens is 1. The van der Waals surface area contributed by atoms with Gasteiger partial charge in [-0.05, 0) is 48.6 Å². The van der Waals surface area contributed by atoms with Crippen LogP contribution < -0.4 is 10.1 Å². The standard InChI is InChI=1S/C24H22ClF2N3O2S/c1-32-20-7-6-17(12-19(20)27)29-22-18(13-28-23(33)21(22)25)24(31)30-10-8-15(9-11-30)14-2-4-16(26)5-3-14/h2-7,12-13,15H,8-11H2,1H3,(H2,28,29,33). The number of halogens is 3. The van der Waals surface area contributed by atoms with Gasteiger partial charge in [-0.2, -0.15) is 0 Å². The fourth-order valence-electron chi connectivity index (χ4n) is 4.01. The van der Waals surface area contributed by atoms with E-state index in [1.165, 1.54) is 37.6 Å². The van der Waals surface area contributed by atoms with Crippen LogP contribution in [0, 0.1) is 16.3 Å². The molecule has 0 radical (unpaired) electrons. The third-order valence-corrected chi connectivity index (χ3v) is 6.62. The summed E-state index contributed by atoms with van der Waals surface area (Å²) in [6.45, 7) is 1.09. The Bertz CT molecular complexity index is 1230. The highest BCUT2D eigenvalue weighted by molar-refractivity contribution is 7.71. The number of aromatic nitrogens is 1. The summed E-state index contributed by atoms with van der Waals surface area (Å²) < 4.78 is 32.6. The molecule has 0 atom stereocenters. The van der Waals surface area contributed by atoms with E-state index in [2.05, 4.69) is 10.3 Å². The van der Waals surface area contributed by atoms with Gasteiger partial charge in [0.2, 0.25) is 0 Å². The predicted octanol–water partition coefficient (Wildman–Crippen LogP) is 6.45. The molecule has 2 heterocycles. The van der Waals surface area contributed by atoms with E-state index in [1.807, 2.05) is 0 Å². The summed E-state index contributed by atoms with van der Waals surface area (Å²) in [6.07, 6.45) is 3.05. The van der Waals surface area contributed by atoms with Crippen molar-refractivity contribution in [2.45, 2.75) is 18.8 Å². The van der Waals surface area contributed by atoms with Crippen LogP contribution in [0.4, 0.5) is 20.2 Å². The lowest BCUT2D eigenvalue weighted by Crippen LogP contribution is -2.38. The summed E-state index contributed by atoms with van der Waals surface area (Å²) in [5.74, 6) is -0.647. The van der Waals surface area contributed by atoms with Crippen LogP contribution in [0.15, 0.2) is 48.7 Å². The van der Waals surface area contributed by atoms with Gasteiger partial charge in [-0.3, -0.25) is 4.79 Å². The number of nitrogens with one attached hydrogen (secondary N) is 2. The minimum atomic E-state index is -0.546. The largest absolute Gasteiger partial charge is 0.494 e. The highest BCUT2D eigenvalue weighted by atomic mass is 35.5. The summed E-state index contributed by atoms with van der Waals surface area (Å²) in [5, 5.41) is 3.21. The molecular weight excluding hydrogens is 468 g/mol. The van der Waals surface area contributed by atoms with Crippen molar-refractivity contribution >= 4 is 41.1 Å². The maximum atomic E-state index is 14.2. The van der Waals surface area contributed by atoms with Crippen LogP contribution in [0.3, 0.4) is 0 Å². The van der Waals surface area contributed by atoms with Crippen molar-refractivity contribution in [2.24, 2.45) is 0 Å². The summed E-state index contributed by atoms with van der Waals surface area (Å²) in [4.78, 5) is 18.0. The van der Waals surface area contributed by atoms with Crippen LogP contribution in [-0.2, 0) is 0 Å². The second-order valence-electron chi connectivity index (χ2n) is 7.81. The van der Waals surface area contributed by atoms with Gasteiger partial charge in [0.25, 0.3) is 5.91 Å². The van der Waals surface area contributed by atoms with Gasteiger partial charge in [0.1, 0.15) is 10.5 Å². The first kappa shape index (κ1) is 23.2. The van der Waals surface area contributed by atoms with Crippen LogP contribution in [0.5, 0.6) is 5.75 Å². The third kappa shape index (κ3) is 5.02. The number of pyridine rings is 1. The Morgan fingerprint density at radius 3 is 2.52 bits per heavy atom. The van der Waals surface area contributed by atoms with E-state index >= 15 is 0 Å². The molecule has 1 aliphatic heterocycles. The van der Waals surface area contributed by atoms with Crippen molar-refractivity contribution in [2.75, 3.05) is 25.5 Å². The molecule has 0 bridgehead atoms. The number of likely N-dealkylation sites (tertiary alicyclic amines) is 1. The Morgan fingerprint density at radius 1 is 1.18 bits per heavy atom. The fourth-order valence-corrected chi connectivity index (χ4v) is 4.37. The Labute approximate surface area is 200 Å². The first-order chi connectivity index (χ1) is 15.9. The SMILES string of the molecule is COc1ccc(Nc2c(C(=O)N3CCC(c4ccc(F)cc4)CC3)c[nH]c(=S)c2Cl)cc1F. The van der Waals surface area contributed by atoms with Crippen molar-refractivity contribution in [1.82, 2.24) is 9.88 Å².